The molecule has 0 unspecified atom stereocenters. The number of aromatic nitrogens is 1. The Morgan fingerprint density at radius 2 is 1.88 bits per heavy atom. The van der Waals surface area contributed by atoms with E-state index in [2.05, 4.69) is 17.2 Å². The summed E-state index contributed by atoms with van der Waals surface area (Å²) in [5.41, 5.74) is 0.798. The van der Waals surface area contributed by atoms with E-state index in [0.717, 1.165) is 18.4 Å². The quantitative estimate of drug-likeness (QED) is 0.592. The van der Waals surface area contributed by atoms with Crippen molar-refractivity contribution in [3.8, 4) is 0 Å². The summed E-state index contributed by atoms with van der Waals surface area (Å²) in [7, 11) is -3.70. The van der Waals surface area contributed by atoms with Crippen LogP contribution in [0, 0.1) is 5.92 Å². The van der Waals surface area contributed by atoms with Crippen LogP contribution in [0.1, 0.15) is 35.7 Å². The summed E-state index contributed by atoms with van der Waals surface area (Å²) in [6.07, 6.45) is 1.63. The van der Waals surface area contributed by atoms with Crippen LogP contribution in [0.2, 0.25) is 5.02 Å². The molecule has 1 fully saturated rings. The molecule has 9 heteroatoms. The van der Waals surface area contributed by atoms with Crippen LogP contribution in [0.25, 0.3) is 10.9 Å². The van der Waals surface area contributed by atoms with Crippen molar-refractivity contribution in [2.75, 3.05) is 13.1 Å². The molecule has 3 aromatic rings. The van der Waals surface area contributed by atoms with E-state index in [9.17, 15) is 18.0 Å². The van der Waals surface area contributed by atoms with Crippen molar-refractivity contribution >= 4 is 38.4 Å². The van der Waals surface area contributed by atoms with Crippen molar-refractivity contribution in [1.82, 2.24) is 14.6 Å². The maximum atomic E-state index is 13.2. The Morgan fingerprint density at radius 3 is 2.59 bits per heavy atom. The van der Waals surface area contributed by atoms with E-state index in [-0.39, 0.29) is 17.0 Å². The lowest BCUT2D eigenvalue weighted by molar-refractivity contribution is 0.0952. The van der Waals surface area contributed by atoms with E-state index in [4.69, 9.17) is 11.6 Å². The third kappa shape index (κ3) is 4.57. The van der Waals surface area contributed by atoms with Crippen molar-refractivity contribution in [1.29, 1.82) is 0 Å². The second-order valence-electron chi connectivity index (χ2n) is 8.12. The van der Waals surface area contributed by atoms with Gasteiger partial charge in [-0.3, -0.25) is 9.59 Å². The predicted octanol–water partition coefficient (Wildman–Crippen LogP) is 3.53. The first-order valence-electron chi connectivity index (χ1n) is 10.4. The van der Waals surface area contributed by atoms with Gasteiger partial charge in [0, 0.05) is 41.6 Å². The SMILES string of the molecule is CC1CCN(S(=O)(=O)c2ccc3[nH]c(=O)cc(C(=O)NCc4ccccc4Cl)c3c2)CC1. The first-order valence-corrected chi connectivity index (χ1v) is 12.3. The van der Waals surface area contributed by atoms with Gasteiger partial charge in [-0.1, -0.05) is 36.7 Å². The third-order valence-corrected chi connectivity index (χ3v) is 8.10. The summed E-state index contributed by atoms with van der Waals surface area (Å²) >= 11 is 6.15. The summed E-state index contributed by atoms with van der Waals surface area (Å²) in [5.74, 6) is 0.0129. The van der Waals surface area contributed by atoms with Gasteiger partial charge in [0.05, 0.1) is 10.5 Å². The molecule has 2 N–H and O–H groups in total. The average molecular weight is 474 g/mol. The van der Waals surface area contributed by atoms with E-state index < -0.39 is 21.5 Å². The number of H-pyrrole nitrogens is 1. The largest absolute Gasteiger partial charge is 0.348 e. The Bertz CT molecular complexity index is 1330. The Labute approximate surface area is 191 Å². The number of hydrogen-bond donors (Lipinski definition) is 2. The fraction of sp³-hybridized carbons (Fsp3) is 0.304. The number of sulfonamides is 1. The molecule has 0 saturated carbocycles. The van der Waals surface area contributed by atoms with Gasteiger partial charge in [0.25, 0.3) is 5.91 Å². The minimum Gasteiger partial charge on any atom is -0.348 e. The zero-order valence-corrected chi connectivity index (χ0v) is 19.2. The van der Waals surface area contributed by atoms with Crippen LogP contribution in [0.4, 0.5) is 0 Å². The number of rotatable bonds is 5. The molecule has 1 saturated heterocycles. The number of halogens is 1. The number of fused-ring (bicyclic) bond motifs is 1. The molecule has 1 aliphatic rings. The predicted molar refractivity (Wildman–Crippen MR) is 124 cm³/mol. The number of nitrogens with one attached hydrogen (secondary N) is 2. The van der Waals surface area contributed by atoms with Crippen molar-refractivity contribution in [3.63, 3.8) is 0 Å². The van der Waals surface area contributed by atoms with Crippen LogP contribution in [-0.4, -0.2) is 36.7 Å². The molecule has 2 heterocycles. The van der Waals surface area contributed by atoms with E-state index in [1.54, 1.807) is 18.2 Å². The van der Waals surface area contributed by atoms with Crippen molar-refractivity contribution in [3.05, 3.63) is 75.0 Å². The fourth-order valence-electron chi connectivity index (χ4n) is 3.87. The van der Waals surface area contributed by atoms with Crippen LogP contribution in [-0.2, 0) is 16.6 Å². The monoisotopic (exact) mass is 473 g/mol. The lowest BCUT2D eigenvalue weighted by Gasteiger charge is -2.29. The second-order valence-corrected chi connectivity index (χ2v) is 10.5. The van der Waals surface area contributed by atoms with E-state index in [0.29, 0.717) is 34.9 Å². The van der Waals surface area contributed by atoms with Crippen LogP contribution >= 0.6 is 11.6 Å². The number of carbonyl (C=O) groups is 1. The molecule has 0 aliphatic carbocycles. The maximum absolute atomic E-state index is 13.2. The Hall–Kier alpha value is -2.68. The highest BCUT2D eigenvalue weighted by Crippen LogP contribution is 2.26. The molecule has 4 rings (SSSR count). The zero-order chi connectivity index (χ0) is 22.9. The normalized spacial score (nSPS) is 15.7. The summed E-state index contributed by atoms with van der Waals surface area (Å²) in [5, 5.41) is 3.66. The molecular weight excluding hydrogens is 450 g/mol. The Morgan fingerprint density at radius 1 is 1.16 bits per heavy atom. The van der Waals surface area contributed by atoms with Crippen LogP contribution < -0.4 is 10.9 Å². The third-order valence-electron chi connectivity index (χ3n) is 5.84. The highest BCUT2D eigenvalue weighted by molar-refractivity contribution is 7.89. The van der Waals surface area contributed by atoms with Gasteiger partial charge in [0.2, 0.25) is 15.6 Å². The standard InChI is InChI=1S/C23H24ClN3O4S/c1-15-8-10-27(11-9-15)32(30,31)17-6-7-21-18(12-17)19(13-22(28)26-21)23(29)25-14-16-4-2-3-5-20(16)24/h2-7,12-13,15H,8-11,14H2,1H3,(H,25,29)(H,26,28). The Kier molecular flexibility index (Phi) is 6.37. The molecule has 0 spiro atoms. The second kappa shape index (κ2) is 9.05. The lowest BCUT2D eigenvalue weighted by Crippen LogP contribution is -2.37. The molecule has 2 aromatic carbocycles. The van der Waals surface area contributed by atoms with Gasteiger partial charge in [0.15, 0.2) is 0 Å². The van der Waals surface area contributed by atoms with Crippen molar-refractivity contribution < 1.29 is 13.2 Å². The van der Waals surface area contributed by atoms with E-state index in [1.165, 1.54) is 28.6 Å². The summed E-state index contributed by atoms with van der Waals surface area (Å²) in [4.78, 5) is 27.8. The number of aromatic amines is 1. The highest BCUT2D eigenvalue weighted by atomic mass is 35.5. The smallest absolute Gasteiger partial charge is 0.252 e. The van der Waals surface area contributed by atoms with Crippen LogP contribution in [0.15, 0.2) is 58.2 Å². The molecule has 168 valence electrons. The molecule has 1 aliphatic heterocycles. The van der Waals surface area contributed by atoms with Crippen LogP contribution in [0.5, 0.6) is 0 Å². The molecule has 0 atom stereocenters. The van der Waals surface area contributed by atoms with Gasteiger partial charge in [0.1, 0.15) is 0 Å². The van der Waals surface area contributed by atoms with E-state index in [1.807, 2.05) is 6.07 Å². The topological polar surface area (TPSA) is 99.3 Å². The molecule has 7 nitrogen and oxygen atoms in total. The minimum atomic E-state index is -3.70. The summed E-state index contributed by atoms with van der Waals surface area (Å²) in [6.45, 7) is 3.23. The zero-order valence-electron chi connectivity index (χ0n) is 17.6. The van der Waals surface area contributed by atoms with Crippen molar-refractivity contribution in [2.24, 2.45) is 5.92 Å². The number of benzene rings is 2. The van der Waals surface area contributed by atoms with Gasteiger partial charge >= 0.3 is 0 Å². The van der Waals surface area contributed by atoms with E-state index >= 15 is 0 Å². The van der Waals surface area contributed by atoms with Crippen molar-refractivity contribution in [2.45, 2.75) is 31.2 Å². The number of pyridine rings is 1. The highest BCUT2D eigenvalue weighted by Gasteiger charge is 2.28. The molecule has 0 bridgehead atoms. The maximum Gasteiger partial charge on any atom is 0.252 e. The number of amides is 1. The van der Waals surface area contributed by atoms with Gasteiger partial charge in [-0.05, 0) is 48.6 Å². The molecular formula is C23H24ClN3O4S. The first-order chi connectivity index (χ1) is 15.3. The van der Waals surface area contributed by atoms with Gasteiger partial charge in [-0.2, -0.15) is 4.31 Å². The lowest BCUT2D eigenvalue weighted by atomic mass is 10.0. The van der Waals surface area contributed by atoms with Gasteiger partial charge in [-0.25, -0.2) is 8.42 Å². The summed E-state index contributed by atoms with van der Waals surface area (Å²) in [6, 6.07) is 12.8. The Balaban J connectivity index is 1.67. The minimum absolute atomic E-state index is 0.103. The number of nitrogens with zero attached hydrogens (tertiary/aromatic N) is 1. The van der Waals surface area contributed by atoms with Gasteiger partial charge in [-0.15, -0.1) is 0 Å². The number of piperidine rings is 1. The number of hydrogen-bond acceptors (Lipinski definition) is 4. The molecule has 1 aromatic heterocycles. The fourth-order valence-corrected chi connectivity index (χ4v) is 5.57. The van der Waals surface area contributed by atoms with Crippen LogP contribution in [0.3, 0.4) is 0 Å². The number of carbonyl (C=O) groups excluding carboxylic acids is 1. The molecule has 1 amide bonds. The first kappa shape index (κ1) is 22.5. The molecule has 0 radical (unpaired) electrons. The average Bonchev–Trinajstić information content (AvgIpc) is 2.77. The summed E-state index contributed by atoms with van der Waals surface area (Å²) < 4.78 is 27.8. The molecule has 32 heavy (non-hydrogen) atoms. The van der Waals surface area contributed by atoms with Gasteiger partial charge < -0.3 is 10.3 Å².